The Morgan fingerprint density at radius 2 is 1.97 bits per heavy atom. The number of carbonyl (C=O) groups is 2. The number of amides is 2. The Bertz CT molecular complexity index is 1110. The van der Waals surface area contributed by atoms with Crippen molar-refractivity contribution in [2.75, 3.05) is 24.3 Å². The van der Waals surface area contributed by atoms with E-state index in [1.807, 2.05) is 19.1 Å². The van der Waals surface area contributed by atoms with Gasteiger partial charge in [-0.3, -0.25) is 14.6 Å². The van der Waals surface area contributed by atoms with Crippen LogP contribution >= 0.6 is 0 Å². The lowest BCUT2D eigenvalue weighted by Crippen LogP contribution is -2.44. The molecule has 9 heteroatoms. The van der Waals surface area contributed by atoms with E-state index in [0.717, 1.165) is 16.5 Å². The van der Waals surface area contributed by atoms with Gasteiger partial charge in [0.15, 0.2) is 0 Å². The van der Waals surface area contributed by atoms with Crippen LogP contribution in [0.25, 0.3) is 22.0 Å². The first kappa shape index (κ1) is 19.7. The molecular weight excluding hydrogens is 384 g/mol. The predicted molar refractivity (Wildman–Crippen MR) is 113 cm³/mol. The second-order valence-electron chi connectivity index (χ2n) is 7.19. The largest absolute Gasteiger partial charge is 0.383 e. The van der Waals surface area contributed by atoms with E-state index in [0.29, 0.717) is 43.0 Å². The third-order valence-corrected chi connectivity index (χ3v) is 5.06. The Kier molecular flexibility index (Phi) is 5.53. The lowest BCUT2D eigenvalue weighted by molar-refractivity contribution is -0.137. The summed E-state index contributed by atoms with van der Waals surface area (Å²) in [4.78, 5) is 37.3. The van der Waals surface area contributed by atoms with Gasteiger partial charge >= 0.3 is 11.8 Å². The van der Waals surface area contributed by atoms with Gasteiger partial charge in [0.05, 0.1) is 5.69 Å². The van der Waals surface area contributed by atoms with Gasteiger partial charge in [-0.05, 0) is 48.9 Å². The summed E-state index contributed by atoms with van der Waals surface area (Å²) in [5.74, 6) is -0.870. The minimum Gasteiger partial charge on any atom is -0.383 e. The molecule has 0 atom stereocenters. The van der Waals surface area contributed by atoms with Crippen molar-refractivity contribution in [2.45, 2.75) is 25.8 Å². The maximum Gasteiger partial charge on any atom is 0.314 e. The monoisotopic (exact) mass is 406 g/mol. The van der Waals surface area contributed by atoms with Crippen molar-refractivity contribution in [3.8, 4) is 11.3 Å². The Labute approximate surface area is 173 Å². The molecule has 1 aliphatic heterocycles. The molecule has 0 spiro atoms. The van der Waals surface area contributed by atoms with Crippen LogP contribution in [0, 0.1) is 6.92 Å². The van der Waals surface area contributed by atoms with E-state index in [1.165, 1.54) is 6.20 Å². The molecule has 0 radical (unpaired) electrons. The second kappa shape index (κ2) is 8.42. The lowest BCUT2D eigenvalue weighted by Gasteiger charge is -2.22. The number of aryl methyl sites for hydroxylation is 1. The van der Waals surface area contributed by atoms with Gasteiger partial charge in [-0.15, -0.1) is 0 Å². The van der Waals surface area contributed by atoms with E-state index in [2.05, 4.69) is 25.6 Å². The van der Waals surface area contributed by atoms with Crippen molar-refractivity contribution in [3.05, 3.63) is 42.4 Å². The van der Waals surface area contributed by atoms with E-state index in [1.54, 1.807) is 18.5 Å². The number of hydrogen-bond donors (Lipinski definition) is 3. The summed E-state index contributed by atoms with van der Waals surface area (Å²) in [6, 6.07) is 5.36. The molecule has 154 valence electrons. The first-order valence-electron chi connectivity index (χ1n) is 9.68. The fraction of sp³-hybridized carbons (Fsp3) is 0.286. The zero-order valence-corrected chi connectivity index (χ0v) is 16.5. The van der Waals surface area contributed by atoms with Gasteiger partial charge in [0, 0.05) is 48.8 Å². The van der Waals surface area contributed by atoms with E-state index in [9.17, 15) is 9.59 Å². The molecule has 1 saturated heterocycles. The fourth-order valence-corrected chi connectivity index (χ4v) is 3.38. The van der Waals surface area contributed by atoms with Crippen LogP contribution in [0.5, 0.6) is 0 Å². The molecule has 1 fully saturated rings. The van der Waals surface area contributed by atoms with Crippen molar-refractivity contribution in [1.29, 1.82) is 0 Å². The summed E-state index contributed by atoms with van der Waals surface area (Å²) < 4.78 is 5.26. The molecule has 3 aromatic rings. The normalized spacial score (nSPS) is 14.4. The van der Waals surface area contributed by atoms with Gasteiger partial charge in [-0.1, -0.05) is 0 Å². The predicted octanol–water partition coefficient (Wildman–Crippen LogP) is 1.82. The first-order chi connectivity index (χ1) is 14.5. The highest BCUT2D eigenvalue weighted by Gasteiger charge is 2.21. The first-order valence-corrected chi connectivity index (χ1v) is 9.68. The molecule has 3 aromatic heterocycles. The quantitative estimate of drug-likeness (QED) is 0.565. The molecule has 1 aliphatic rings. The van der Waals surface area contributed by atoms with Crippen molar-refractivity contribution >= 4 is 34.2 Å². The minimum absolute atomic E-state index is 0.0577. The molecule has 0 unspecified atom stereocenters. The van der Waals surface area contributed by atoms with E-state index in [-0.39, 0.29) is 11.9 Å². The topological polar surface area (TPSA) is 132 Å². The molecule has 0 saturated carbocycles. The van der Waals surface area contributed by atoms with Crippen molar-refractivity contribution in [2.24, 2.45) is 0 Å². The molecular formula is C21H22N6O3. The third kappa shape index (κ3) is 4.20. The van der Waals surface area contributed by atoms with Gasteiger partial charge in [-0.25, -0.2) is 9.97 Å². The third-order valence-electron chi connectivity index (χ3n) is 5.06. The number of anilines is 2. The van der Waals surface area contributed by atoms with Crippen molar-refractivity contribution in [3.63, 3.8) is 0 Å². The summed E-state index contributed by atoms with van der Waals surface area (Å²) in [6.45, 7) is 3.12. The highest BCUT2D eigenvalue weighted by atomic mass is 16.5. The number of fused-ring (bicyclic) bond motifs is 1. The molecule has 9 nitrogen and oxygen atoms in total. The number of nitrogens with zero attached hydrogens (tertiary/aromatic N) is 3. The Hall–Kier alpha value is -3.59. The number of aromatic nitrogens is 3. The number of carbonyl (C=O) groups excluding carboxylic acids is 2. The van der Waals surface area contributed by atoms with Crippen molar-refractivity contribution in [1.82, 2.24) is 20.3 Å². The summed E-state index contributed by atoms with van der Waals surface area (Å²) in [6.07, 6.45) is 6.36. The van der Waals surface area contributed by atoms with Crippen LogP contribution in [0.3, 0.4) is 0 Å². The SMILES string of the molecule is Cc1ccncc1-c1cc2cc(NC(=O)C(=O)NC3CCOCC3)ncc2c(N)n1. The van der Waals surface area contributed by atoms with Gasteiger partial charge < -0.3 is 21.1 Å². The van der Waals surface area contributed by atoms with E-state index in [4.69, 9.17) is 10.5 Å². The standard InChI is InChI=1S/C21H22N6O3/c1-12-2-5-23-10-15(12)17-8-13-9-18(24-11-16(13)19(22)26-17)27-21(29)20(28)25-14-3-6-30-7-4-14/h2,5,8-11,14H,3-4,6-7H2,1H3,(H2,22,26)(H,25,28)(H,24,27,29). The van der Waals surface area contributed by atoms with E-state index < -0.39 is 11.8 Å². The maximum absolute atomic E-state index is 12.3. The second-order valence-corrected chi connectivity index (χ2v) is 7.19. The van der Waals surface area contributed by atoms with Gasteiger partial charge in [-0.2, -0.15) is 0 Å². The molecule has 0 aliphatic carbocycles. The zero-order chi connectivity index (χ0) is 21.1. The summed E-state index contributed by atoms with van der Waals surface area (Å²) in [7, 11) is 0. The van der Waals surface area contributed by atoms with Crippen LogP contribution in [0.15, 0.2) is 36.8 Å². The number of pyridine rings is 3. The van der Waals surface area contributed by atoms with Crippen LogP contribution in [-0.2, 0) is 14.3 Å². The van der Waals surface area contributed by atoms with Crippen LogP contribution in [0.1, 0.15) is 18.4 Å². The molecule has 2 amide bonds. The molecule has 0 bridgehead atoms. The average molecular weight is 406 g/mol. The highest BCUT2D eigenvalue weighted by Crippen LogP contribution is 2.28. The van der Waals surface area contributed by atoms with Crippen molar-refractivity contribution < 1.29 is 14.3 Å². The number of hydrogen-bond acceptors (Lipinski definition) is 7. The van der Waals surface area contributed by atoms with Gasteiger partial charge in [0.2, 0.25) is 0 Å². The van der Waals surface area contributed by atoms with E-state index >= 15 is 0 Å². The van der Waals surface area contributed by atoms with Gasteiger partial charge in [0.1, 0.15) is 11.6 Å². The number of rotatable bonds is 3. The Balaban J connectivity index is 1.55. The molecule has 0 aromatic carbocycles. The number of nitrogens with one attached hydrogen (secondary N) is 2. The Morgan fingerprint density at radius 3 is 2.73 bits per heavy atom. The minimum atomic E-state index is -0.765. The van der Waals surface area contributed by atoms with Crippen LogP contribution < -0.4 is 16.4 Å². The zero-order valence-electron chi connectivity index (χ0n) is 16.5. The number of ether oxygens (including phenoxy) is 1. The summed E-state index contributed by atoms with van der Waals surface area (Å²) in [5, 5.41) is 6.68. The summed E-state index contributed by atoms with van der Waals surface area (Å²) >= 11 is 0. The highest BCUT2D eigenvalue weighted by molar-refractivity contribution is 6.39. The summed E-state index contributed by atoms with van der Waals surface area (Å²) in [5.41, 5.74) is 8.67. The number of nitrogens with two attached hydrogens (primary N) is 1. The maximum atomic E-state index is 12.3. The number of nitrogen functional groups attached to an aromatic ring is 1. The molecule has 4 rings (SSSR count). The van der Waals surface area contributed by atoms with Crippen LogP contribution in [0.4, 0.5) is 11.6 Å². The average Bonchev–Trinajstić information content (AvgIpc) is 2.74. The fourth-order valence-electron chi connectivity index (χ4n) is 3.38. The molecule has 4 N–H and O–H groups in total. The molecule has 30 heavy (non-hydrogen) atoms. The Morgan fingerprint density at radius 1 is 1.17 bits per heavy atom. The van der Waals surface area contributed by atoms with Crippen LogP contribution in [0.2, 0.25) is 0 Å². The van der Waals surface area contributed by atoms with Crippen LogP contribution in [-0.4, -0.2) is 46.0 Å². The van der Waals surface area contributed by atoms with Gasteiger partial charge in [0.25, 0.3) is 0 Å². The molecule has 4 heterocycles. The smallest absolute Gasteiger partial charge is 0.314 e. The lowest BCUT2D eigenvalue weighted by atomic mass is 10.1.